The van der Waals surface area contributed by atoms with E-state index in [4.69, 9.17) is 5.73 Å². The van der Waals surface area contributed by atoms with Gasteiger partial charge in [0.1, 0.15) is 0 Å². The maximum atomic E-state index is 12.5. The Kier molecular flexibility index (Phi) is 3.70. The SMILES string of the molecule is C=C1/C=C(C)\C(N)=C/C(C)C(=O)c2ccccc2C1=O. The normalized spacial score (nSPS) is 25.3. The Morgan fingerprint density at radius 1 is 1.15 bits per heavy atom. The van der Waals surface area contributed by atoms with Crippen molar-refractivity contribution < 1.29 is 9.59 Å². The van der Waals surface area contributed by atoms with Gasteiger partial charge < -0.3 is 5.73 Å². The second kappa shape index (κ2) is 5.29. The molecule has 3 heteroatoms. The average molecular weight is 267 g/mol. The zero-order valence-corrected chi connectivity index (χ0v) is 11.6. The molecule has 1 unspecified atom stereocenters. The van der Waals surface area contributed by atoms with E-state index in [1.165, 1.54) is 0 Å². The van der Waals surface area contributed by atoms with Crippen LogP contribution in [0.3, 0.4) is 0 Å². The number of benzene rings is 1. The number of fused-ring (bicyclic) bond motifs is 1. The molecule has 0 heterocycles. The van der Waals surface area contributed by atoms with Gasteiger partial charge in [0.05, 0.1) is 0 Å². The number of allylic oxidation sites excluding steroid dienone is 4. The minimum Gasteiger partial charge on any atom is -0.399 e. The molecule has 2 N–H and O–H groups in total. The van der Waals surface area contributed by atoms with E-state index in [9.17, 15) is 9.59 Å². The summed E-state index contributed by atoms with van der Waals surface area (Å²) in [4.78, 5) is 24.9. The Bertz CT molecular complexity index is 665. The Morgan fingerprint density at radius 2 is 1.75 bits per heavy atom. The number of rotatable bonds is 0. The number of carbonyl (C=O) groups is 2. The zero-order valence-electron chi connectivity index (χ0n) is 11.6. The molecule has 0 amide bonds. The molecule has 0 aromatic heterocycles. The molecule has 1 aromatic rings. The van der Waals surface area contributed by atoms with Gasteiger partial charge >= 0.3 is 0 Å². The van der Waals surface area contributed by atoms with Crippen molar-refractivity contribution in [2.75, 3.05) is 0 Å². The summed E-state index contributed by atoms with van der Waals surface area (Å²) in [7, 11) is 0. The molecule has 102 valence electrons. The molecular formula is C17H17NO2. The van der Waals surface area contributed by atoms with Gasteiger partial charge in [0.2, 0.25) is 0 Å². The number of carbonyl (C=O) groups excluding carboxylic acids is 2. The summed E-state index contributed by atoms with van der Waals surface area (Å²) in [6.45, 7) is 7.36. The van der Waals surface area contributed by atoms with Crippen LogP contribution in [0.4, 0.5) is 0 Å². The zero-order chi connectivity index (χ0) is 14.9. The van der Waals surface area contributed by atoms with E-state index >= 15 is 0 Å². The fourth-order valence-electron chi connectivity index (χ4n) is 2.20. The van der Waals surface area contributed by atoms with Crippen molar-refractivity contribution in [1.29, 1.82) is 0 Å². The monoisotopic (exact) mass is 267 g/mol. The summed E-state index contributed by atoms with van der Waals surface area (Å²) in [6.07, 6.45) is 3.38. The third-order valence-corrected chi connectivity index (χ3v) is 3.42. The van der Waals surface area contributed by atoms with Crippen LogP contribution in [0.5, 0.6) is 0 Å². The lowest BCUT2D eigenvalue weighted by Crippen LogP contribution is -2.18. The standard InChI is InChI=1S/C17H17NO2/c1-10-8-11(2)16(19)13-6-4-5-7-14(13)17(20)12(3)9-15(10)18/h4-9,12H,2,18H2,1,3H3/b10-8-,15-9+. The Morgan fingerprint density at radius 3 is 2.40 bits per heavy atom. The van der Waals surface area contributed by atoms with Crippen LogP contribution < -0.4 is 5.73 Å². The number of hydrogen-bond acceptors (Lipinski definition) is 3. The van der Waals surface area contributed by atoms with Gasteiger partial charge in [0.15, 0.2) is 11.6 Å². The van der Waals surface area contributed by atoms with Crippen molar-refractivity contribution in [2.24, 2.45) is 11.7 Å². The first-order chi connectivity index (χ1) is 9.41. The van der Waals surface area contributed by atoms with Crippen molar-refractivity contribution in [3.63, 3.8) is 0 Å². The second-order valence-electron chi connectivity index (χ2n) is 5.00. The molecule has 1 atom stereocenters. The largest absolute Gasteiger partial charge is 0.399 e. The van der Waals surface area contributed by atoms with Crippen LogP contribution in [0, 0.1) is 5.92 Å². The van der Waals surface area contributed by atoms with Crippen LogP contribution in [0.15, 0.2) is 59.8 Å². The van der Waals surface area contributed by atoms with Gasteiger partial charge in [-0.15, -0.1) is 0 Å². The Hall–Kier alpha value is -2.42. The highest BCUT2D eigenvalue weighted by Crippen LogP contribution is 2.22. The minimum absolute atomic E-state index is 0.112. The molecule has 0 spiro atoms. The lowest BCUT2D eigenvalue weighted by molar-refractivity contribution is 0.0941. The van der Waals surface area contributed by atoms with Crippen LogP contribution in [0.2, 0.25) is 0 Å². The lowest BCUT2D eigenvalue weighted by atomic mass is 9.89. The number of ketones is 2. The van der Waals surface area contributed by atoms with Gasteiger partial charge in [-0.05, 0) is 18.6 Å². The highest BCUT2D eigenvalue weighted by molar-refractivity contribution is 6.17. The number of nitrogens with two attached hydrogens (primary N) is 1. The summed E-state index contributed by atoms with van der Waals surface area (Å²) in [5.41, 5.74) is 8.32. The molecule has 0 saturated carbocycles. The molecule has 0 aliphatic heterocycles. The minimum atomic E-state index is -0.376. The molecule has 3 nitrogen and oxygen atoms in total. The van der Waals surface area contributed by atoms with Gasteiger partial charge in [0.25, 0.3) is 0 Å². The molecule has 2 rings (SSSR count). The molecule has 0 fully saturated rings. The van der Waals surface area contributed by atoms with E-state index in [2.05, 4.69) is 6.58 Å². The van der Waals surface area contributed by atoms with Crippen molar-refractivity contribution in [3.05, 3.63) is 71.0 Å². The fourth-order valence-corrected chi connectivity index (χ4v) is 2.20. The molecule has 1 aliphatic carbocycles. The Balaban J connectivity index is 2.69. The predicted octanol–water partition coefficient (Wildman–Crippen LogP) is 3.05. The van der Waals surface area contributed by atoms with Crippen molar-refractivity contribution >= 4 is 11.6 Å². The molecule has 0 radical (unpaired) electrons. The van der Waals surface area contributed by atoms with Gasteiger partial charge in [-0.1, -0.05) is 43.8 Å². The van der Waals surface area contributed by atoms with E-state index in [1.54, 1.807) is 50.3 Å². The third kappa shape index (κ3) is 2.48. The molecular weight excluding hydrogens is 250 g/mol. The Labute approximate surface area is 118 Å². The number of hydrogen-bond donors (Lipinski definition) is 1. The maximum absolute atomic E-state index is 12.5. The highest BCUT2D eigenvalue weighted by Gasteiger charge is 2.22. The first-order valence-corrected chi connectivity index (χ1v) is 6.44. The van der Waals surface area contributed by atoms with Crippen LogP contribution in [-0.2, 0) is 0 Å². The molecule has 0 bridgehead atoms. The van der Waals surface area contributed by atoms with E-state index in [0.717, 1.165) is 5.57 Å². The van der Waals surface area contributed by atoms with Gasteiger partial charge in [0, 0.05) is 28.3 Å². The highest BCUT2D eigenvalue weighted by atomic mass is 16.1. The molecule has 0 saturated heterocycles. The molecule has 20 heavy (non-hydrogen) atoms. The summed E-state index contributed by atoms with van der Waals surface area (Å²) >= 11 is 0. The van der Waals surface area contributed by atoms with Crippen molar-refractivity contribution in [2.45, 2.75) is 13.8 Å². The third-order valence-electron chi connectivity index (χ3n) is 3.42. The number of Topliss-reactive ketones (excluding diaryl/α,β-unsaturated/α-hetero) is 2. The summed E-state index contributed by atoms with van der Waals surface area (Å²) in [6, 6.07) is 6.82. The maximum Gasteiger partial charge on any atom is 0.193 e. The summed E-state index contributed by atoms with van der Waals surface area (Å²) in [5, 5.41) is 0. The van der Waals surface area contributed by atoms with Crippen molar-refractivity contribution in [1.82, 2.24) is 0 Å². The molecule has 1 aromatic carbocycles. The van der Waals surface area contributed by atoms with Crippen LogP contribution in [0.1, 0.15) is 34.6 Å². The van der Waals surface area contributed by atoms with E-state index in [1.807, 2.05) is 0 Å². The fraction of sp³-hybridized carbons (Fsp3) is 0.176. The summed E-state index contributed by atoms with van der Waals surface area (Å²) in [5.74, 6) is -0.728. The predicted molar refractivity (Wildman–Crippen MR) is 79.4 cm³/mol. The van der Waals surface area contributed by atoms with Crippen LogP contribution in [-0.4, -0.2) is 11.6 Å². The first-order valence-electron chi connectivity index (χ1n) is 6.44. The lowest BCUT2D eigenvalue weighted by Gasteiger charge is -2.14. The first kappa shape index (κ1) is 14.0. The van der Waals surface area contributed by atoms with Crippen LogP contribution >= 0.6 is 0 Å². The van der Waals surface area contributed by atoms with Gasteiger partial charge in [-0.25, -0.2) is 0 Å². The van der Waals surface area contributed by atoms with E-state index < -0.39 is 0 Å². The van der Waals surface area contributed by atoms with E-state index in [-0.39, 0.29) is 17.5 Å². The molecule has 1 aliphatic rings. The van der Waals surface area contributed by atoms with Crippen molar-refractivity contribution in [3.8, 4) is 0 Å². The average Bonchev–Trinajstić information content (AvgIpc) is 2.44. The second-order valence-corrected chi connectivity index (χ2v) is 5.00. The smallest absolute Gasteiger partial charge is 0.193 e. The topological polar surface area (TPSA) is 60.2 Å². The quantitative estimate of drug-likeness (QED) is 0.735. The van der Waals surface area contributed by atoms with E-state index in [0.29, 0.717) is 22.4 Å². The summed E-state index contributed by atoms with van der Waals surface area (Å²) < 4.78 is 0. The van der Waals surface area contributed by atoms with Gasteiger partial charge in [-0.2, -0.15) is 0 Å². The van der Waals surface area contributed by atoms with Gasteiger partial charge in [-0.3, -0.25) is 9.59 Å². The van der Waals surface area contributed by atoms with Crippen LogP contribution in [0.25, 0.3) is 0 Å².